The van der Waals surface area contributed by atoms with E-state index in [0.717, 1.165) is 39.3 Å². The lowest BCUT2D eigenvalue weighted by molar-refractivity contribution is -0.112. The van der Waals surface area contributed by atoms with Crippen molar-refractivity contribution < 1.29 is 4.79 Å². The van der Waals surface area contributed by atoms with Crippen molar-refractivity contribution >= 4 is 29.3 Å². The van der Waals surface area contributed by atoms with Gasteiger partial charge in [-0.15, -0.1) is 0 Å². The molecule has 1 amide bonds. The van der Waals surface area contributed by atoms with E-state index >= 15 is 0 Å². The second-order valence-electron chi connectivity index (χ2n) is 7.52. The Morgan fingerprint density at radius 1 is 1.00 bits per heavy atom. The summed E-state index contributed by atoms with van der Waals surface area (Å²) in [7, 11) is 0. The lowest BCUT2D eigenvalue weighted by Crippen LogP contribution is -2.13. The number of halogens is 1. The van der Waals surface area contributed by atoms with E-state index in [1.165, 1.54) is 0 Å². The van der Waals surface area contributed by atoms with Gasteiger partial charge in [0.05, 0.1) is 0 Å². The van der Waals surface area contributed by atoms with Gasteiger partial charge in [-0.3, -0.25) is 4.79 Å². The van der Waals surface area contributed by atoms with E-state index in [1.54, 1.807) is 6.08 Å². The van der Waals surface area contributed by atoms with Gasteiger partial charge in [-0.2, -0.15) is 5.26 Å². The first-order valence-corrected chi connectivity index (χ1v) is 10.0. The van der Waals surface area contributed by atoms with Crippen LogP contribution in [0.1, 0.15) is 33.6 Å². The van der Waals surface area contributed by atoms with E-state index in [0.29, 0.717) is 10.7 Å². The number of amides is 1. The number of nitriles is 1. The number of hydrogen-bond acceptors (Lipinski definition) is 2. The Hall–Kier alpha value is -3.29. The largest absolute Gasteiger partial charge is 0.321 e. The van der Waals surface area contributed by atoms with Gasteiger partial charge in [-0.05, 0) is 93.3 Å². The molecule has 0 saturated heterocycles. The number of carbonyl (C=O) groups is 1. The van der Waals surface area contributed by atoms with Crippen LogP contribution in [0.5, 0.6) is 0 Å². The molecule has 0 radical (unpaired) electrons. The molecule has 0 atom stereocenters. The average Bonchev–Trinajstić information content (AvgIpc) is 2.98. The predicted molar refractivity (Wildman–Crippen MR) is 123 cm³/mol. The summed E-state index contributed by atoms with van der Waals surface area (Å²) < 4.78 is 2.06. The first-order valence-electron chi connectivity index (χ1n) is 9.67. The molecule has 0 aliphatic rings. The maximum absolute atomic E-state index is 12.7. The molecule has 3 rings (SSSR count). The Bertz CT molecular complexity index is 1210. The van der Waals surface area contributed by atoms with Crippen LogP contribution < -0.4 is 5.32 Å². The Kier molecular flexibility index (Phi) is 6.14. The van der Waals surface area contributed by atoms with Crippen molar-refractivity contribution in [2.24, 2.45) is 0 Å². The first-order chi connectivity index (χ1) is 14.2. The van der Waals surface area contributed by atoms with Crippen LogP contribution in [0.15, 0.2) is 48.0 Å². The van der Waals surface area contributed by atoms with E-state index in [4.69, 9.17) is 11.6 Å². The second kappa shape index (κ2) is 8.61. The molecule has 3 aromatic rings. The number of aromatic nitrogens is 1. The predicted octanol–water partition coefficient (Wildman–Crippen LogP) is 6.22. The summed E-state index contributed by atoms with van der Waals surface area (Å²) in [5, 5.41) is 13.1. The lowest BCUT2D eigenvalue weighted by atomic mass is 10.1. The van der Waals surface area contributed by atoms with Crippen LogP contribution in [0.3, 0.4) is 0 Å². The molecule has 1 N–H and O–H groups in total. The summed E-state index contributed by atoms with van der Waals surface area (Å²) in [5.41, 5.74) is 7.64. The number of nitrogens with one attached hydrogen (secondary N) is 1. The van der Waals surface area contributed by atoms with Gasteiger partial charge in [0, 0.05) is 27.8 Å². The molecule has 0 bridgehead atoms. The fraction of sp³-hybridized carbons (Fsp3) is 0.200. The van der Waals surface area contributed by atoms with Crippen molar-refractivity contribution in [3.05, 3.63) is 86.7 Å². The van der Waals surface area contributed by atoms with Gasteiger partial charge in [0.2, 0.25) is 0 Å². The highest BCUT2D eigenvalue weighted by Crippen LogP contribution is 2.26. The normalized spacial score (nSPS) is 11.3. The SMILES string of the molecule is Cc1ccc(NC(=O)/C(C#N)=C\c2cc(C)n(-c3ccc(C)c(Cl)c3)c2C)cc1C. The summed E-state index contributed by atoms with van der Waals surface area (Å²) in [4.78, 5) is 12.7. The molecule has 0 unspecified atom stereocenters. The minimum atomic E-state index is -0.427. The Morgan fingerprint density at radius 3 is 2.33 bits per heavy atom. The van der Waals surface area contributed by atoms with Crippen molar-refractivity contribution in [1.82, 2.24) is 4.57 Å². The fourth-order valence-corrected chi connectivity index (χ4v) is 3.55. The molecular formula is C25H24ClN3O. The molecule has 1 heterocycles. The Balaban J connectivity index is 1.94. The minimum Gasteiger partial charge on any atom is -0.321 e. The van der Waals surface area contributed by atoms with Crippen molar-refractivity contribution in [2.45, 2.75) is 34.6 Å². The topological polar surface area (TPSA) is 57.8 Å². The molecule has 0 fully saturated rings. The number of carbonyl (C=O) groups excluding carboxylic acids is 1. The maximum atomic E-state index is 12.7. The number of aryl methyl sites for hydroxylation is 4. The zero-order valence-electron chi connectivity index (χ0n) is 17.8. The molecule has 0 saturated carbocycles. The van der Waals surface area contributed by atoms with E-state index < -0.39 is 5.91 Å². The van der Waals surface area contributed by atoms with Crippen molar-refractivity contribution in [2.75, 3.05) is 5.32 Å². The van der Waals surface area contributed by atoms with Crippen LogP contribution >= 0.6 is 11.6 Å². The quantitative estimate of drug-likeness (QED) is 0.404. The molecule has 0 aliphatic carbocycles. The summed E-state index contributed by atoms with van der Waals surface area (Å²) in [6.45, 7) is 9.90. The van der Waals surface area contributed by atoms with Crippen LogP contribution in [0, 0.1) is 45.9 Å². The highest BCUT2D eigenvalue weighted by atomic mass is 35.5. The standard InChI is InChI=1S/C25H24ClN3O/c1-15-6-8-22(10-17(15)3)28-25(30)21(14-27)12-20-11-18(4)29(19(20)5)23-9-7-16(2)24(26)13-23/h6-13H,1-5H3,(H,28,30)/b21-12-. The fourth-order valence-electron chi connectivity index (χ4n) is 3.37. The zero-order valence-corrected chi connectivity index (χ0v) is 18.6. The van der Waals surface area contributed by atoms with Gasteiger partial charge in [0.1, 0.15) is 11.6 Å². The molecule has 4 nitrogen and oxygen atoms in total. The van der Waals surface area contributed by atoms with E-state index in [-0.39, 0.29) is 5.57 Å². The molecule has 0 aliphatic heterocycles. The average molecular weight is 418 g/mol. The van der Waals surface area contributed by atoms with E-state index in [2.05, 4.69) is 9.88 Å². The number of anilines is 1. The third-order valence-electron chi connectivity index (χ3n) is 5.31. The molecule has 152 valence electrons. The van der Waals surface area contributed by atoms with Crippen molar-refractivity contribution in [3.63, 3.8) is 0 Å². The second-order valence-corrected chi connectivity index (χ2v) is 7.93. The van der Waals surface area contributed by atoms with Crippen LogP contribution in [0.25, 0.3) is 11.8 Å². The van der Waals surface area contributed by atoms with Gasteiger partial charge in [0.25, 0.3) is 5.91 Å². The summed E-state index contributed by atoms with van der Waals surface area (Å²) in [6, 6.07) is 15.6. The smallest absolute Gasteiger partial charge is 0.266 e. The third-order valence-corrected chi connectivity index (χ3v) is 5.72. The summed E-state index contributed by atoms with van der Waals surface area (Å²) in [6.07, 6.45) is 1.63. The van der Waals surface area contributed by atoms with Crippen LogP contribution in [-0.4, -0.2) is 10.5 Å². The van der Waals surface area contributed by atoms with Crippen LogP contribution in [0.2, 0.25) is 5.02 Å². The molecule has 0 spiro atoms. The molecular weight excluding hydrogens is 394 g/mol. The first kappa shape index (κ1) is 21.4. The van der Waals surface area contributed by atoms with Gasteiger partial charge >= 0.3 is 0 Å². The Labute approximate surface area is 182 Å². The van der Waals surface area contributed by atoms with Gasteiger partial charge in [0.15, 0.2) is 0 Å². The molecule has 5 heteroatoms. The zero-order chi connectivity index (χ0) is 22.0. The van der Waals surface area contributed by atoms with Crippen molar-refractivity contribution in [3.8, 4) is 11.8 Å². The van der Waals surface area contributed by atoms with Gasteiger partial charge in [-0.1, -0.05) is 23.7 Å². The lowest BCUT2D eigenvalue weighted by Gasteiger charge is -2.11. The van der Waals surface area contributed by atoms with Gasteiger partial charge < -0.3 is 9.88 Å². The maximum Gasteiger partial charge on any atom is 0.266 e. The molecule has 2 aromatic carbocycles. The van der Waals surface area contributed by atoms with Crippen LogP contribution in [-0.2, 0) is 4.79 Å². The minimum absolute atomic E-state index is 0.0513. The van der Waals surface area contributed by atoms with Crippen LogP contribution in [0.4, 0.5) is 5.69 Å². The van der Waals surface area contributed by atoms with Crippen molar-refractivity contribution in [1.29, 1.82) is 5.26 Å². The number of rotatable bonds is 4. The van der Waals surface area contributed by atoms with E-state index in [1.807, 2.05) is 83.2 Å². The monoisotopic (exact) mass is 417 g/mol. The van der Waals surface area contributed by atoms with E-state index in [9.17, 15) is 10.1 Å². The number of benzene rings is 2. The summed E-state index contributed by atoms with van der Waals surface area (Å²) in [5.74, 6) is -0.427. The summed E-state index contributed by atoms with van der Waals surface area (Å²) >= 11 is 6.30. The molecule has 30 heavy (non-hydrogen) atoms. The number of nitrogens with zero attached hydrogens (tertiary/aromatic N) is 2. The third kappa shape index (κ3) is 4.32. The highest BCUT2D eigenvalue weighted by Gasteiger charge is 2.14. The number of hydrogen-bond donors (Lipinski definition) is 1. The Morgan fingerprint density at radius 2 is 1.70 bits per heavy atom. The molecule has 1 aromatic heterocycles. The van der Waals surface area contributed by atoms with Gasteiger partial charge in [-0.25, -0.2) is 0 Å². The highest BCUT2D eigenvalue weighted by molar-refractivity contribution is 6.31.